The van der Waals surface area contributed by atoms with Crippen molar-refractivity contribution in [2.75, 3.05) is 13.2 Å². The zero-order valence-corrected chi connectivity index (χ0v) is 29.0. The second kappa shape index (κ2) is 25.8. The Balaban J connectivity index is 2.71. The van der Waals surface area contributed by atoms with Gasteiger partial charge in [0.2, 0.25) is 5.91 Å². The molecule has 46 heavy (non-hydrogen) atoms. The van der Waals surface area contributed by atoms with Crippen LogP contribution >= 0.6 is 0 Å². The van der Waals surface area contributed by atoms with Gasteiger partial charge in [0.05, 0.1) is 25.4 Å². The van der Waals surface area contributed by atoms with Gasteiger partial charge in [-0.15, -0.1) is 0 Å². The molecule has 272 valence electrons. The molecule has 0 aliphatic carbocycles. The zero-order valence-electron chi connectivity index (χ0n) is 28.1. The number of carbonyl (C=O) groups excluding carboxylic acids is 1. The second-order valence-electron chi connectivity index (χ2n) is 12.5. The summed E-state index contributed by atoms with van der Waals surface area (Å²) in [5.41, 5.74) is 0. The zero-order chi connectivity index (χ0) is 34.2. The van der Waals surface area contributed by atoms with Crippen LogP contribution in [0, 0.1) is 0 Å². The number of aliphatic hydroxyl groups excluding tert-OH is 4. The van der Waals surface area contributed by atoms with Crippen molar-refractivity contribution in [3.8, 4) is 0 Å². The van der Waals surface area contributed by atoms with E-state index in [1.807, 2.05) is 6.08 Å². The Morgan fingerprint density at radius 2 is 1.37 bits per heavy atom. The van der Waals surface area contributed by atoms with Crippen molar-refractivity contribution >= 4 is 16.3 Å². The fraction of sp³-hybridized carbons (Fsp3) is 0.909. The molecule has 1 heterocycles. The lowest BCUT2D eigenvalue weighted by Gasteiger charge is -2.41. The molecule has 1 aliphatic rings. The lowest BCUT2D eigenvalue weighted by atomic mass is 9.99. The Morgan fingerprint density at radius 3 is 1.89 bits per heavy atom. The number of ether oxygens (including phenoxy) is 2. The van der Waals surface area contributed by atoms with E-state index in [1.165, 1.54) is 64.2 Å². The largest absolute Gasteiger partial charge is 0.397 e. The van der Waals surface area contributed by atoms with Crippen LogP contribution in [0.1, 0.15) is 136 Å². The number of nitrogens with one attached hydrogen (secondary N) is 1. The Bertz CT molecular complexity index is 904. The molecule has 1 aliphatic heterocycles. The average molecular weight is 682 g/mol. The number of carbonyl (C=O) groups is 1. The molecule has 7 atom stereocenters. The molecule has 12 nitrogen and oxygen atoms in total. The maximum absolute atomic E-state index is 12.8. The van der Waals surface area contributed by atoms with E-state index in [1.54, 1.807) is 6.08 Å². The fourth-order valence-electron chi connectivity index (χ4n) is 5.51. The van der Waals surface area contributed by atoms with Crippen LogP contribution in [0.25, 0.3) is 0 Å². The van der Waals surface area contributed by atoms with Crippen molar-refractivity contribution in [2.24, 2.45) is 0 Å². The Morgan fingerprint density at radius 1 is 0.848 bits per heavy atom. The number of aliphatic hydroxyl groups is 4. The van der Waals surface area contributed by atoms with Crippen LogP contribution in [0.2, 0.25) is 0 Å². The molecule has 1 rings (SSSR count). The Kier molecular flexibility index (Phi) is 24.0. The van der Waals surface area contributed by atoms with Gasteiger partial charge in [-0.2, -0.15) is 8.42 Å². The number of rotatable bonds is 28. The lowest BCUT2D eigenvalue weighted by Crippen LogP contribution is -2.61. The summed E-state index contributed by atoms with van der Waals surface area (Å²) in [6, 6.07) is -0.933. The molecule has 1 amide bonds. The number of allylic oxidation sites excluding steroid dienone is 1. The van der Waals surface area contributed by atoms with E-state index in [-0.39, 0.29) is 18.9 Å². The molecule has 13 heteroatoms. The molecular weight excluding hydrogens is 618 g/mol. The van der Waals surface area contributed by atoms with Gasteiger partial charge in [0.1, 0.15) is 24.4 Å². The van der Waals surface area contributed by atoms with Crippen LogP contribution in [0.3, 0.4) is 0 Å². The smallest absolute Gasteiger partial charge is 0.394 e. The standard InChI is InChI=1S/C33H63NO11S/c1-3-5-7-9-11-13-15-17-19-21-23-29(37)34-26(27(36)22-20-18-16-14-12-10-8-6-4-2)25-43-33-31(39)32(45-46(40,41)42)30(38)28(24-35)44-33/h20,22,26-28,30-33,35-36,38-39H,3-19,21,23-25H2,1-2H3,(H,34,37)(H,40,41,42)/b22-20+. The monoisotopic (exact) mass is 681 g/mol. The normalized spacial score (nSPS) is 23.5. The van der Waals surface area contributed by atoms with Gasteiger partial charge in [0.25, 0.3) is 0 Å². The van der Waals surface area contributed by atoms with Gasteiger partial charge in [-0.1, -0.05) is 122 Å². The van der Waals surface area contributed by atoms with Crippen LogP contribution in [0.4, 0.5) is 0 Å². The molecular formula is C33H63NO11S. The minimum absolute atomic E-state index is 0.269. The molecule has 7 unspecified atom stereocenters. The topological polar surface area (TPSA) is 192 Å². The summed E-state index contributed by atoms with van der Waals surface area (Å²) in [7, 11) is -5.07. The summed E-state index contributed by atoms with van der Waals surface area (Å²) in [5, 5.41) is 44.2. The van der Waals surface area contributed by atoms with Crippen LogP contribution in [0.5, 0.6) is 0 Å². The van der Waals surface area contributed by atoms with Crippen LogP contribution < -0.4 is 5.32 Å². The summed E-state index contributed by atoms with van der Waals surface area (Å²) in [6.07, 6.45) is 14.3. The average Bonchev–Trinajstić information content (AvgIpc) is 3.01. The van der Waals surface area contributed by atoms with Crippen molar-refractivity contribution < 1.29 is 51.8 Å². The minimum atomic E-state index is -5.07. The molecule has 1 saturated heterocycles. The predicted molar refractivity (Wildman–Crippen MR) is 176 cm³/mol. The van der Waals surface area contributed by atoms with Crippen molar-refractivity contribution in [2.45, 2.75) is 179 Å². The summed E-state index contributed by atoms with van der Waals surface area (Å²) in [6.45, 7) is 3.28. The summed E-state index contributed by atoms with van der Waals surface area (Å²) >= 11 is 0. The minimum Gasteiger partial charge on any atom is -0.394 e. The molecule has 0 aromatic carbocycles. The van der Waals surface area contributed by atoms with Crippen LogP contribution in [-0.4, -0.2) is 95.4 Å². The van der Waals surface area contributed by atoms with E-state index in [2.05, 4.69) is 23.3 Å². The van der Waals surface area contributed by atoms with Crippen LogP contribution in [-0.2, 0) is 28.9 Å². The molecule has 0 radical (unpaired) electrons. The van der Waals surface area contributed by atoms with Crippen LogP contribution in [0.15, 0.2) is 12.2 Å². The first-order valence-corrected chi connectivity index (χ1v) is 18.9. The van der Waals surface area contributed by atoms with Gasteiger partial charge in [0.15, 0.2) is 6.29 Å². The summed E-state index contributed by atoms with van der Waals surface area (Å²) in [5.74, 6) is -0.269. The quantitative estimate of drug-likeness (QED) is 0.0388. The van der Waals surface area contributed by atoms with Gasteiger partial charge in [-0.05, 0) is 19.3 Å². The maximum Gasteiger partial charge on any atom is 0.397 e. The van der Waals surface area contributed by atoms with Crippen molar-refractivity contribution in [3.05, 3.63) is 12.2 Å². The third-order valence-corrected chi connectivity index (χ3v) is 8.78. The summed E-state index contributed by atoms with van der Waals surface area (Å²) in [4.78, 5) is 12.8. The third kappa shape index (κ3) is 19.6. The van der Waals surface area contributed by atoms with E-state index in [0.29, 0.717) is 6.42 Å². The highest BCUT2D eigenvalue weighted by molar-refractivity contribution is 7.80. The molecule has 0 bridgehead atoms. The van der Waals surface area contributed by atoms with Crippen molar-refractivity contribution in [1.82, 2.24) is 5.32 Å². The molecule has 6 N–H and O–H groups in total. The van der Waals surface area contributed by atoms with Crippen molar-refractivity contribution in [3.63, 3.8) is 0 Å². The first kappa shape index (κ1) is 42.9. The predicted octanol–water partition coefficient (Wildman–Crippen LogP) is 4.48. The molecule has 1 fully saturated rings. The van der Waals surface area contributed by atoms with Gasteiger partial charge in [0, 0.05) is 6.42 Å². The van der Waals surface area contributed by atoms with E-state index in [4.69, 9.17) is 14.0 Å². The number of hydrogen-bond acceptors (Lipinski definition) is 10. The van der Waals surface area contributed by atoms with E-state index < -0.39 is 59.9 Å². The van der Waals surface area contributed by atoms with Gasteiger partial charge >= 0.3 is 10.4 Å². The van der Waals surface area contributed by atoms with Gasteiger partial charge in [-0.3, -0.25) is 9.35 Å². The highest BCUT2D eigenvalue weighted by atomic mass is 32.3. The molecule has 0 aromatic rings. The maximum atomic E-state index is 12.8. The highest BCUT2D eigenvalue weighted by Gasteiger charge is 2.48. The van der Waals surface area contributed by atoms with Gasteiger partial charge in [-0.25, -0.2) is 4.18 Å². The fourth-order valence-corrected chi connectivity index (χ4v) is 6.02. The third-order valence-electron chi connectivity index (χ3n) is 8.32. The van der Waals surface area contributed by atoms with Crippen molar-refractivity contribution in [1.29, 1.82) is 0 Å². The number of hydrogen-bond donors (Lipinski definition) is 6. The van der Waals surface area contributed by atoms with Gasteiger partial charge < -0.3 is 35.2 Å². The van der Waals surface area contributed by atoms with E-state index in [9.17, 15) is 33.6 Å². The van der Waals surface area contributed by atoms with E-state index >= 15 is 0 Å². The molecule has 0 aromatic heterocycles. The first-order chi connectivity index (χ1) is 22.0. The SMILES string of the molecule is CCCCCCCCC/C=C/C(O)C(COC1OC(CO)C(O)C(OS(=O)(=O)O)C1O)NC(=O)CCCCCCCCCCCC. The second-order valence-corrected chi connectivity index (χ2v) is 13.5. The molecule has 0 saturated carbocycles. The van der Waals surface area contributed by atoms with E-state index in [0.717, 1.165) is 44.9 Å². The lowest BCUT2D eigenvalue weighted by molar-refractivity contribution is -0.298. The number of amides is 1. The highest BCUT2D eigenvalue weighted by Crippen LogP contribution is 2.26. The Hall–Kier alpha value is -1.16. The first-order valence-electron chi connectivity index (χ1n) is 17.6. The Labute approximate surface area is 277 Å². The summed E-state index contributed by atoms with van der Waals surface area (Å²) < 4.78 is 47.1. The molecule has 0 spiro atoms. The number of unbranched alkanes of at least 4 members (excludes halogenated alkanes) is 16.